The van der Waals surface area contributed by atoms with Gasteiger partial charge in [-0.2, -0.15) is 4.98 Å². The zero-order valence-corrected chi connectivity index (χ0v) is 10.7. The molecule has 0 spiro atoms. The van der Waals surface area contributed by atoms with Crippen LogP contribution < -0.4 is 16.6 Å². The Morgan fingerprint density at radius 3 is 2.79 bits per heavy atom. The van der Waals surface area contributed by atoms with E-state index in [9.17, 15) is 10.1 Å². The molecule has 2 rings (SSSR count). The van der Waals surface area contributed by atoms with Crippen molar-refractivity contribution in [3.8, 4) is 0 Å². The molecule has 4 N–H and O–H groups in total. The number of nitrogens with one attached hydrogen (secondary N) is 2. The average molecular weight is 267 g/mol. The summed E-state index contributed by atoms with van der Waals surface area (Å²) in [7, 11) is 2.06. The highest BCUT2D eigenvalue weighted by Crippen LogP contribution is 2.24. The maximum atomic E-state index is 10.9. The molecular weight excluding hydrogens is 250 g/mol. The van der Waals surface area contributed by atoms with E-state index < -0.39 is 4.92 Å². The lowest BCUT2D eigenvalue weighted by atomic mass is 10.1. The Bertz CT molecular complexity index is 459. The molecule has 1 aromatic heterocycles. The number of hydrogen-bond donors (Lipinski definition) is 3. The maximum absolute atomic E-state index is 10.9. The zero-order valence-electron chi connectivity index (χ0n) is 10.7. The molecular formula is C10H17N7O2. The van der Waals surface area contributed by atoms with Crippen molar-refractivity contribution < 1.29 is 4.92 Å². The first-order valence-electron chi connectivity index (χ1n) is 6.03. The summed E-state index contributed by atoms with van der Waals surface area (Å²) in [5.41, 5.74) is 2.14. The van der Waals surface area contributed by atoms with Crippen LogP contribution in [0.2, 0.25) is 0 Å². The number of likely N-dealkylation sites (tertiary alicyclic amines) is 1. The van der Waals surface area contributed by atoms with Gasteiger partial charge in [-0.3, -0.25) is 15.5 Å². The normalized spacial score (nSPS) is 17.2. The lowest BCUT2D eigenvalue weighted by molar-refractivity contribution is -0.384. The number of nitro groups is 1. The van der Waals surface area contributed by atoms with Gasteiger partial charge in [0.2, 0.25) is 11.8 Å². The van der Waals surface area contributed by atoms with Crippen LogP contribution >= 0.6 is 0 Å². The molecule has 0 aromatic carbocycles. The van der Waals surface area contributed by atoms with Crippen LogP contribution in [0.15, 0.2) is 6.20 Å². The smallest absolute Gasteiger partial charge is 0.329 e. The first-order chi connectivity index (χ1) is 9.10. The molecule has 0 aliphatic carbocycles. The standard InChI is InChI=1S/C10H17N7O2/c1-16-4-2-7(3-5-16)13-9-8(17(18)19)6-12-10(14-9)15-11/h6-7H,2-5,11H2,1H3,(H2,12,13,14,15). The summed E-state index contributed by atoms with van der Waals surface area (Å²) >= 11 is 0. The Balaban J connectivity index is 2.15. The summed E-state index contributed by atoms with van der Waals surface area (Å²) in [6.07, 6.45) is 2.99. The number of nitrogen functional groups attached to an aromatic ring is 1. The van der Waals surface area contributed by atoms with Gasteiger partial charge in [-0.15, -0.1) is 0 Å². The lowest BCUT2D eigenvalue weighted by Crippen LogP contribution is -2.37. The molecule has 0 atom stereocenters. The molecule has 0 saturated carbocycles. The Morgan fingerprint density at radius 2 is 2.21 bits per heavy atom. The van der Waals surface area contributed by atoms with Crippen LogP contribution in [0.1, 0.15) is 12.8 Å². The SMILES string of the molecule is CN1CCC(Nc2nc(NN)ncc2[N+](=O)[O-])CC1. The number of anilines is 2. The number of nitrogens with zero attached hydrogens (tertiary/aromatic N) is 4. The summed E-state index contributed by atoms with van der Waals surface area (Å²) in [5, 5.41) is 14.1. The monoisotopic (exact) mass is 267 g/mol. The number of rotatable bonds is 4. The van der Waals surface area contributed by atoms with Crippen molar-refractivity contribution in [3.63, 3.8) is 0 Å². The molecule has 1 fully saturated rings. The summed E-state index contributed by atoms with van der Waals surface area (Å²) in [6, 6.07) is 0.176. The van der Waals surface area contributed by atoms with Crippen molar-refractivity contribution in [3.05, 3.63) is 16.3 Å². The van der Waals surface area contributed by atoms with E-state index in [-0.39, 0.29) is 23.5 Å². The van der Waals surface area contributed by atoms with Gasteiger partial charge >= 0.3 is 5.69 Å². The predicted octanol–water partition coefficient (Wildman–Crippen LogP) is 0.177. The van der Waals surface area contributed by atoms with Crippen LogP contribution in [0.3, 0.4) is 0 Å². The molecule has 1 saturated heterocycles. The van der Waals surface area contributed by atoms with Gasteiger partial charge in [-0.1, -0.05) is 0 Å². The molecule has 9 nitrogen and oxygen atoms in total. The number of piperidine rings is 1. The summed E-state index contributed by atoms with van der Waals surface area (Å²) in [4.78, 5) is 20.4. The third kappa shape index (κ3) is 3.26. The number of hydrogen-bond acceptors (Lipinski definition) is 8. The van der Waals surface area contributed by atoms with E-state index in [1.54, 1.807) is 0 Å². The van der Waals surface area contributed by atoms with Gasteiger partial charge < -0.3 is 10.2 Å². The van der Waals surface area contributed by atoms with E-state index in [1.165, 1.54) is 0 Å². The Kier molecular flexibility index (Phi) is 4.07. The predicted molar refractivity (Wildman–Crippen MR) is 70.6 cm³/mol. The molecule has 9 heteroatoms. The molecule has 19 heavy (non-hydrogen) atoms. The molecule has 1 aromatic rings. The summed E-state index contributed by atoms with van der Waals surface area (Å²) in [6.45, 7) is 1.91. The molecule has 0 unspecified atom stereocenters. The second-order valence-electron chi connectivity index (χ2n) is 4.55. The highest BCUT2D eigenvalue weighted by molar-refractivity contribution is 5.57. The van der Waals surface area contributed by atoms with E-state index in [0.717, 1.165) is 32.1 Å². The minimum Gasteiger partial charge on any atom is -0.361 e. The topological polar surface area (TPSA) is 122 Å². The van der Waals surface area contributed by atoms with Crippen molar-refractivity contribution in [2.24, 2.45) is 5.84 Å². The molecule has 1 aliphatic heterocycles. The quantitative estimate of drug-likeness (QED) is 0.401. The maximum Gasteiger partial charge on any atom is 0.329 e. The van der Waals surface area contributed by atoms with Gasteiger partial charge in [0.15, 0.2) is 0 Å². The minimum absolute atomic E-state index is 0.141. The molecule has 2 heterocycles. The second kappa shape index (κ2) is 5.76. The third-order valence-corrected chi connectivity index (χ3v) is 3.15. The third-order valence-electron chi connectivity index (χ3n) is 3.15. The van der Waals surface area contributed by atoms with Crippen LogP contribution in [0.4, 0.5) is 17.5 Å². The van der Waals surface area contributed by atoms with Crippen LogP contribution in [0, 0.1) is 10.1 Å². The fourth-order valence-electron chi connectivity index (χ4n) is 2.03. The average Bonchev–Trinajstić information content (AvgIpc) is 2.41. The molecule has 1 aliphatic rings. The largest absolute Gasteiger partial charge is 0.361 e. The van der Waals surface area contributed by atoms with Gasteiger partial charge in [-0.25, -0.2) is 10.8 Å². The van der Waals surface area contributed by atoms with Crippen LogP contribution in [-0.4, -0.2) is 46.0 Å². The van der Waals surface area contributed by atoms with E-state index >= 15 is 0 Å². The molecule has 104 valence electrons. The first-order valence-corrected chi connectivity index (χ1v) is 6.03. The van der Waals surface area contributed by atoms with Crippen molar-refractivity contribution in [2.75, 3.05) is 30.9 Å². The fourth-order valence-corrected chi connectivity index (χ4v) is 2.03. The Hall–Kier alpha value is -2.00. The molecule has 0 radical (unpaired) electrons. The number of hydrazine groups is 1. The summed E-state index contributed by atoms with van der Waals surface area (Å²) in [5.74, 6) is 5.58. The van der Waals surface area contributed by atoms with Crippen molar-refractivity contribution in [2.45, 2.75) is 18.9 Å². The van der Waals surface area contributed by atoms with Crippen LogP contribution in [-0.2, 0) is 0 Å². The van der Waals surface area contributed by atoms with Crippen LogP contribution in [0.25, 0.3) is 0 Å². The van der Waals surface area contributed by atoms with Crippen molar-refractivity contribution in [1.29, 1.82) is 0 Å². The lowest BCUT2D eigenvalue weighted by Gasteiger charge is -2.29. The highest BCUT2D eigenvalue weighted by atomic mass is 16.6. The fraction of sp³-hybridized carbons (Fsp3) is 0.600. The van der Waals surface area contributed by atoms with Crippen molar-refractivity contribution >= 4 is 17.5 Å². The van der Waals surface area contributed by atoms with Gasteiger partial charge in [0, 0.05) is 6.04 Å². The first kappa shape index (κ1) is 13.4. The summed E-state index contributed by atoms with van der Waals surface area (Å²) < 4.78 is 0. The van der Waals surface area contributed by atoms with E-state index in [4.69, 9.17) is 5.84 Å². The van der Waals surface area contributed by atoms with E-state index in [1.807, 2.05) is 0 Å². The van der Waals surface area contributed by atoms with E-state index in [0.29, 0.717) is 0 Å². The zero-order chi connectivity index (χ0) is 13.8. The van der Waals surface area contributed by atoms with Crippen LogP contribution in [0.5, 0.6) is 0 Å². The molecule has 0 bridgehead atoms. The Morgan fingerprint density at radius 1 is 1.53 bits per heavy atom. The van der Waals surface area contributed by atoms with Crippen molar-refractivity contribution in [1.82, 2.24) is 14.9 Å². The van der Waals surface area contributed by atoms with Gasteiger partial charge in [-0.05, 0) is 33.0 Å². The molecule has 0 amide bonds. The highest BCUT2D eigenvalue weighted by Gasteiger charge is 2.22. The number of nitrogens with two attached hydrogens (primary N) is 1. The second-order valence-corrected chi connectivity index (χ2v) is 4.55. The number of aromatic nitrogens is 2. The minimum atomic E-state index is -0.502. The van der Waals surface area contributed by atoms with Gasteiger partial charge in [0.05, 0.1) is 4.92 Å². The Labute approximate surface area is 110 Å². The van der Waals surface area contributed by atoms with Gasteiger partial charge in [0.25, 0.3) is 0 Å². The van der Waals surface area contributed by atoms with Gasteiger partial charge in [0.1, 0.15) is 6.20 Å². The van der Waals surface area contributed by atoms with E-state index in [2.05, 4.69) is 32.7 Å².